The summed E-state index contributed by atoms with van der Waals surface area (Å²) >= 11 is 0. The summed E-state index contributed by atoms with van der Waals surface area (Å²) in [5.41, 5.74) is 0.805. The monoisotopic (exact) mass is 250 g/mol. The molecule has 0 aromatic heterocycles. The van der Waals surface area contributed by atoms with Crippen LogP contribution in [0.2, 0.25) is 0 Å². The summed E-state index contributed by atoms with van der Waals surface area (Å²) in [5.74, 6) is -0.0128. The zero-order chi connectivity index (χ0) is 13.4. The molecule has 0 unspecified atom stereocenters. The van der Waals surface area contributed by atoms with E-state index >= 15 is 0 Å². The van der Waals surface area contributed by atoms with Crippen LogP contribution in [0.3, 0.4) is 0 Å². The average molecular weight is 250 g/mol. The third-order valence-electron chi connectivity index (χ3n) is 2.43. The predicted molar refractivity (Wildman–Crippen MR) is 68.1 cm³/mol. The van der Waals surface area contributed by atoms with E-state index in [1.165, 1.54) is 6.92 Å². The van der Waals surface area contributed by atoms with Crippen molar-refractivity contribution in [3.8, 4) is 5.75 Å². The first-order chi connectivity index (χ1) is 8.59. The van der Waals surface area contributed by atoms with Crippen molar-refractivity contribution in [2.24, 2.45) is 0 Å². The molecule has 5 heteroatoms. The number of amides is 2. The molecular formula is C13H18N2O3. The lowest BCUT2D eigenvalue weighted by molar-refractivity contribution is -0.121. The molecule has 0 heterocycles. The van der Waals surface area contributed by atoms with E-state index in [4.69, 9.17) is 0 Å². The lowest BCUT2D eigenvalue weighted by atomic mass is 10.1. The molecule has 0 aliphatic rings. The van der Waals surface area contributed by atoms with Crippen LogP contribution < -0.4 is 10.6 Å². The lowest BCUT2D eigenvalue weighted by Gasteiger charge is -2.07. The van der Waals surface area contributed by atoms with Gasteiger partial charge in [-0.25, -0.2) is 0 Å². The van der Waals surface area contributed by atoms with Gasteiger partial charge in [-0.05, 0) is 18.1 Å². The van der Waals surface area contributed by atoms with Crippen molar-refractivity contribution in [1.82, 2.24) is 10.6 Å². The van der Waals surface area contributed by atoms with Crippen molar-refractivity contribution < 1.29 is 14.7 Å². The highest BCUT2D eigenvalue weighted by Gasteiger charge is 2.03. The molecular weight excluding hydrogens is 232 g/mol. The molecule has 98 valence electrons. The molecule has 2 amide bonds. The molecule has 1 rings (SSSR count). The molecule has 0 saturated carbocycles. The van der Waals surface area contributed by atoms with Gasteiger partial charge in [-0.2, -0.15) is 0 Å². The summed E-state index contributed by atoms with van der Waals surface area (Å²) in [7, 11) is 0. The fourth-order valence-electron chi connectivity index (χ4n) is 1.50. The topological polar surface area (TPSA) is 78.4 Å². The molecule has 0 aliphatic heterocycles. The Hall–Kier alpha value is -2.04. The van der Waals surface area contributed by atoms with Crippen LogP contribution in [0.15, 0.2) is 24.3 Å². The van der Waals surface area contributed by atoms with E-state index in [0.29, 0.717) is 19.5 Å². The van der Waals surface area contributed by atoms with E-state index in [0.717, 1.165) is 5.56 Å². The second kappa shape index (κ2) is 7.32. The van der Waals surface area contributed by atoms with Crippen molar-refractivity contribution in [1.29, 1.82) is 0 Å². The second-order valence-electron chi connectivity index (χ2n) is 3.96. The molecule has 0 fully saturated rings. The zero-order valence-corrected chi connectivity index (χ0v) is 10.4. The Kier molecular flexibility index (Phi) is 5.70. The van der Waals surface area contributed by atoms with Crippen LogP contribution in [0.25, 0.3) is 0 Å². The second-order valence-corrected chi connectivity index (χ2v) is 3.96. The Balaban J connectivity index is 2.20. The number of phenolic OH excluding ortho intramolecular Hbond substituents is 1. The molecule has 18 heavy (non-hydrogen) atoms. The number of aromatic hydroxyl groups is 1. The highest BCUT2D eigenvalue weighted by Crippen LogP contribution is 2.15. The minimum Gasteiger partial charge on any atom is -0.508 e. The lowest BCUT2D eigenvalue weighted by Crippen LogP contribution is -2.30. The van der Waals surface area contributed by atoms with Crippen LogP contribution >= 0.6 is 0 Å². The smallest absolute Gasteiger partial charge is 0.221 e. The fraction of sp³-hybridized carbons (Fsp3) is 0.385. The van der Waals surface area contributed by atoms with Crippen molar-refractivity contribution in [2.75, 3.05) is 13.1 Å². The normalized spacial score (nSPS) is 9.83. The summed E-state index contributed by atoms with van der Waals surface area (Å²) in [6, 6.07) is 7.03. The Morgan fingerprint density at radius 1 is 1.17 bits per heavy atom. The van der Waals surface area contributed by atoms with Crippen molar-refractivity contribution in [2.45, 2.75) is 19.8 Å². The van der Waals surface area contributed by atoms with Gasteiger partial charge in [-0.15, -0.1) is 0 Å². The van der Waals surface area contributed by atoms with Crippen molar-refractivity contribution >= 4 is 11.8 Å². The van der Waals surface area contributed by atoms with Crippen molar-refractivity contribution in [3.63, 3.8) is 0 Å². The van der Waals surface area contributed by atoms with Gasteiger partial charge < -0.3 is 15.7 Å². The van der Waals surface area contributed by atoms with E-state index in [-0.39, 0.29) is 24.0 Å². The third-order valence-corrected chi connectivity index (χ3v) is 2.43. The predicted octanol–water partition coefficient (Wildman–Crippen LogP) is 0.577. The van der Waals surface area contributed by atoms with Gasteiger partial charge in [0.15, 0.2) is 0 Å². The standard InChI is InChI=1S/C13H18N2O3/c1-10(16)14-9-7-13(18)15-8-6-11-4-2-3-5-12(11)17/h2-5,17H,6-9H2,1H3,(H,14,16)(H,15,18). The van der Waals surface area contributed by atoms with E-state index in [2.05, 4.69) is 10.6 Å². The fourth-order valence-corrected chi connectivity index (χ4v) is 1.50. The number of carbonyl (C=O) groups is 2. The van der Waals surface area contributed by atoms with E-state index in [1.807, 2.05) is 12.1 Å². The van der Waals surface area contributed by atoms with Crippen LogP contribution in [-0.2, 0) is 16.0 Å². The molecule has 0 saturated heterocycles. The Labute approximate surface area is 106 Å². The SMILES string of the molecule is CC(=O)NCCC(=O)NCCc1ccccc1O. The van der Waals surface area contributed by atoms with Crippen LogP contribution in [0, 0.1) is 0 Å². The van der Waals surface area contributed by atoms with Gasteiger partial charge in [0, 0.05) is 26.4 Å². The summed E-state index contributed by atoms with van der Waals surface area (Å²) < 4.78 is 0. The number of benzene rings is 1. The molecule has 0 radical (unpaired) electrons. The Morgan fingerprint density at radius 3 is 2.56 bits per heavy atom. The van der Waals surface area contributed by atoms with E-state index in [9.17, 15) is 14.7 Å². The molecule has 0 atom stereocenters. The maximum Gasteiger partial charge on any atom is 0.221 e. The minimum absolute atomic E-state index is 0.112. The summed E-state index contributed by atoms with van der Waals surface area (Å²) in [6.45, 7) is 2.23. The van der Waals surface area contributed by atoms with Gasteiger partial charge in [0.25, 0.3) is 0 Å². The van der Waals surface area contributed by atoms with E-state index in [1.54, 1.807) is 12.1 Å². The third kappa shape index (κ3) is 5.34. The van der Waals surface area contributed by atoms with Crippen LogP contribution in [0.1, 0.15) is 18.9 Å². The first kappa shape index (κ1) is 14.0. The molecule has 1 aromatic carbocycles. The average Bonchev–Trinajstić information content (AvgIpc) is 2.31. The number of carbonyl (C=O) groups excluding carboxylic acids is 2. The first-order valence-electron chi connectivity index (χ1n) is 5.87. The molecule has 0 bridgehead atoms. The van der Waals surface area contributed by atoms with Crippen LogP contribution in [-0.4, -0.2) is 30.0 Å². The highest BCUT2D eigenvalue weighted by molar-refractivity contribution is 5.77. The molecule has 3 N–H and O–H groups in total. The Morgan fingerprint density at radius 2 is 1.89 bits per heavy atom. The molecule has 0 aliphatic carbocycles. The number of hydrogen-bond acceptors (Lipinski definition) is 3. The molecule has 0 spiro atoms. The quantitative estimate of drug-likeness (QED) is 0.691. The van der Waals surface area contributed by atoms with Crippen LogP contribution in [0.5, 0.6) is 5.75 Å². The van der Waals surface area contributed by atoms with Crippen molar-refractivity contribution in [3.05, 3.63) is 29.8 Å². The first-order valence-corrected chi connectivity index (χ1v) is 5.87. The summed E-state index contributed by atoms with van der Waals surface area (Å²) in [4.78, 5) is 22.0. The Bertz CT molecular complexity index is 418. The number of rotatable bonds is 6. The largest absolute Gasteiger partial charge is 0.508 e. The van der Waals surface area contributed by atoms with Gasteiger partial charge in [0.05, 0.1) is 0 Å². The van der Waals surface area contributed by atoms with Crippen LogP contribution in [0.4, 0.5) is 0 Å². The molecule has 5 nitrogen and oxygen atoms in total. The van der Waals surface area contributed by atoms with Gasteiger partial charge >= 0.3 is 0 Å². The van der Waals surface area contributed by atoms with Gasteiger partial charge in [0.1, 0.15) is 5.75 Å². The highest BCUT2D eigenvalue weighted by atomic mass is 16.3. The number of nitrogens with one attached hydrogen (secondary N) is 2. The van der Waals surface area contributed by atoms with Gasteiger partial charge in [-0.1, -0.05) is 18.2 Å². The van der Waals surface area contributed by atoms with Gasteiger partial charge in [0.2, 0.25) is 11.8 Å². The zero-order valence-electron chi connectivity index (χ0n) is 10.4. The molecule has 1 aromatic rings. The summed E-state index contributed by atoms with van der Waals surface area (Å²) in [6.07, 6.45) is 0.846. The number of hydrogen-bond donors (Lipinski definition) is 3. The summed E-state index contributed by atoms with van der Waals surface area (Å²) in [5, 5.41) is 14.8. The maximum atomic E-state index is 11.4. The number of phenols is 1. The van der Waals surface area contributed by atoms with Gasteiger partial charge in [-0.3, -0.25) is 9.59 Å². The minimum atomic E-state index is -0.142. The maximum absolute atomic E-state index is 11.4. The van der Waals surface area contributed by atoms with E-state index < -0.39 is 0 Å². The number of para-hydroxylation sites is 1.